The van der Waals surface area contributed by atoms with Gasteiger partial charge in [-0.3, -0.25) is 4.79 Å². The van der Waals surface area contributed by atoms with Crippen LogP contribution in [-0.4, -0.2) is 23.2 Å². The van der Waals surface area contributed by atoms with Gasteiger partial charge in [0.15, 0.2) is 0 Å². The van der Waals surface area contributed by atoms with E-state index in [9.17, 15) is 4.79 Å². The minimum Gasteiger partial charge on any atom is -0.348 e. The predicted molar refractivity (Wildman–Crippen MR) is 96.3 cm³/mol. The number of nitrogens with zero attached hydrogens (tertiary/aromatic N) is 1. The first kappa shape index (κ1) is 19.1. The third-order valence-electron chi connectivity index (χ3n) is 4.27. The van der Waals surface area contributed by atoms with Crippen molar-refractivity contribution in [1.82, 2.24) is 5.32 Å². The first-order valence-corrected chi connectivity index (χ1v) is 9.22. The van der Waals surface area contributed by atoms with Gasteiger partial charge in [-0.25, -0.2) is 4.99 Å². The summed E-state index contributed by atoms with van der Waals surface area (Å²) in [7, 11) is 0. The lowest BCUT2D eigenvalue weighted by molar-refractivity contribution is -0.117. The smallest absolute Gasteiger partial charge is 0.243 e. The highest BCUT2D eigenvalue weighted by Crippen LogP contribution is 2.21. The molecule has 1 N–H and O–H groups in total. The number of carbonyl (C=O) groups excluding carboxylic acids is 1. The van der Waals surface area contributed by atoms with Crippen LogP contribution >= 0.6 is 12.2 Å². The molecule has 0 heterocycles. The summed E-state index contributed by atoms with van der Waals surface area (Å²) < 4.78 is 0. The fourth-order valence-corrected chi connectivity index (χ4v) is 3.10. The van der Waals surface area contributed by atoms with Gasteiger partial charge in [0.2, 0.25) is 5.91 Å². The number of amides is 1. The lowest BCUT2D eigenvalue weighted by Crippen LogP contribution is -2.43. The van der Waals surface area contributed by atoms with Crippen molar-refractivity contribution in [3.8, 4) is 0 Å². The van der Waals surface area contributed by atoms with E-state index in [2.05, 4.69) is 22.4 Å². The minimum atomic E-state index is 0.00227. The Kier molecular flexibility index (Phi) is 10.9. The molecule has 1 amide bonds. The van der Waals surface area contributed by atoms with Gasteiger partial charge in [0.1, 0.15) is 0 Å². The third-order valence-corrected chi connectivity index (χ3v) is 4.37. The number of nitrogens with one attached hydrogen (secondary N) is 1. The van der Waals surface area contributed by atoms with Crippen LogP contribution in [0.2, 0.25) is 0 Å². The molecule has 0 spiro atoms. The van der Waals surface area contributed by atoms with E-state index in [1.165, 1.54) is 38.5 Å². The maximum absolute atomic E-state index is 11.9. The Hall–Kier alpha value is -0.990. The molecule has 0 aromatic rings. The Morgan fingerprint density at radius 3 is 2.73 bits per heavy atom. The van der Waals surface area contributed by atoms with Crippen molar-refractivity contribution in [3.63, 3.8) is 0 Å². The van der Waals surface area contributed by atoms with Crippen LogP contribution in [-0.2, 0) is 4.79 Å². The Morgan fingerprint density at radius 2 is 1.95 bits per heavy atom. The van der Waals surface area contributed by atoms with Crippen molar-refractivity contribution < 1.29 is 4.79 Å². The van der Waals surface area contributed by atoms with Crippen LogP contribution in [0.15, 0.2) is 17.1 Å². The van der Waals surface area contributed by atoms with Gasteiger partial charge in [-0.15, -0.1) is 0 Å². The zero-order valence-electron chi connectivity index (χ0n) is 13.9. The third kappa shape index (κ3) is 8.45. The van der Waals surface area contributed by atoms with Crippen LogP contribution in [0.5, 0.6) is 0 Å². The first-order chi connectivity index (χ1) is 10.8. The van der Waals surface area contributed by atoms with Crippen LogP contribution in [0.1, 0.15) is 77.6 Å². The van der Waals surface area contributed by atoms with Crippen molar-refractivity contribution in [2.45, 2.75) is 89.6 Å². The van der Waals surface area contributed by atoms with E-state index < -0.39 is 0 Å². The largest absolute Gasteiger partial charge is 0.348 e. The van der Waals surface area contributed by atoms with Gasteiger partial charge in [-0.05, 0) is 44.0 Å². The highest BCUT2D eigenvalue weighted by molar-refractivity contribution is 7.78. The summed E-state index contributed by atoms with van der Waals surface area (Å²) in [6, 6.07) is 0.234. The summed E-state index contributed by atoms with van der Waals surface area (Å²) in [5, 5.41) is 5.53. The average molecular weight is 323 g/mol. The van der Waals surface area contributed by atoms with Gasteiger partial charge in [-0.2, -0.15) is 0 Å². The summed E-state index contributed by atoms with van der Waals surface area (Å²) >= 11 is 4.69. The first-order valence-electron chi connectivity index (χ1n) is 8.82. The molecule has 0 aromatic heterocycles. The quantitative estimate of drug-likeness (QED) is 0.271. The van der Waals surface area contributed by atoms with Crippen LogP contribution in [0.25, 0.3) is 0 Å². The molecule has 0 unspecified atom stereocenters. The molecule has 1 fully saturated rings. The lowest BCUT2D eigenvalue weighted by atomic mass is 9.91. The van der Waals surface area contributed by atoms with E-state index in [0.29, 0.717) is 0 Å². The fraction of sp³-hybridized carbons (Fsp3) is 0.778. The maximum atomic E-state index is 11.9. The Balaban J connectivity index is 2.18. The van der Waals surface area contributed by atoms with E-state index in [4.69, 9.17) is 12.2 Å². The molecule has 1 saturated carbocycles. The molecule has 0 radical (unpaired) electrons. The highest BCUT2D eigenvalue weighted by atomic mass is 32.1. The van der Waals surface area contributed by atoms with E-state index in [1.807, 2.05) is 6.08 Å². The zero-order valence-corrected chi connectivity index (χ0v) is 14.7. The highest BCUT2D eigenvalue weighted by Gasteiger charge is 2.25. The zero-order chi connectivity index (χ0) is 16.0. The van der Waals surface area contributed by atoms with Gasteiger partial charge in [0.25, 0.3) is 0 Å². The Morgan fingerprint density at radius 1 is 1.23 bits per heavy atom. The van der Waals surface area contributed by atoms with Gasteiger partial charge in [-0.1, -0.05) is 57.9 Å². The fourth-order valence-electron chi connectivity index (χ4n) is 2.97. The molecule has 1 aliphatic carbocycles. The van der Waals surface area contributed by atoms with Crippen molar-refractivity contribution in [2.24, 2.45) is 4.99 Å². The Labute approximate surface area is 140 Å². The number of allylic oxidation sites excluding steroid dienone is 1. The number of isothiocyanates is 1. The van der Waals surface area contributed by atoms with Crippen LogP contribution in [0, 0.1) is 0 Å². The minimum absolute atomic E-state index is 0.00227. The number of hydrogen-bond donors (Lipinski definition) is 1. The number of aliphatic imine (C=N–C) groups is 1. The van der Waals surface area contributed by atoms with Crippen LogP contribution < -0.4 is 5.32 Å². The van der Waals surface area contributed by atoms with Crippen molar-refractivity contribution in [2.75, 3.05) is 0 Å². The molecule has 0 aliphatic heterocycles. The second-order valence-corrected chi connectivity index (χ2v) is 6.33. The number of hydrogen-bond acceptors (Lipinski definition) is 3. The van der Waals surface area contributed by atoms with E-state index in [1.54, 1.807) is 6.08 Å². The molecule has 0 bridgehead atoms. The van der Waals surface area contributed by atoms with Crippen LogP contribution in [0.4, 0.5) is 0 Å². The van der Waals surface area contributed by atoms with Crippen molar-refractivity contribution in [3.05, 3.63) is 12.2 Å². The molecular weight excluding hydrogens is 292 g/mol. The number of rotatable bonds is 10. The average Bonchev–Trinajstić information content (AvgIpc) is 2.52. The van der Waals surface area contributed by atoms with Gasteiger partial charge >= 0.3 is 0 Å². The van der Waals surface area contributed by atoms with Gasteiger partial charge in [0, 0.05) is 0 Å². The second-order valence-electron chi connectivity index (χ2n) is 6.15. The van der Waals surface area contributed by atoms with Gasteiger partial charge in [0.05, 0.1) is 17.2 Å². The number of thiocarbonyl (C=S) groups is 1. The molecule has 1 aliphatic rings. The van der Waals surface area contributed by atoms with E-state index >= 15 is 0 Å². The molecule has 0 saturated heterocycles. The summed E-state index contributed by atoms with van der Waals surface area (Å²) in [5.41, 5.74) is 0. The molecule has 1 rings (SSSR count). The molecule has 3 nitrogen and oxygen atoms in total. The standard InChI is InChI=1S/C18H30N2OS/c1-2-3-4-5-6-7-8-9-14-18(21)20-17-13-11-10-12-16(17)19-15-22/h9,14,16-17H,2-8,10-13H2,1H3,(H,20,21)/t16-,17-/m0/s1. The number of unbranched alkanes of at least 4 members (excludes halogenated alkanes) is 6. The predicted octanol–water partition coefficient (Wildman–Crippen LogP) is 4.82. The summed E-state index contributed by atoms with van der Waals surface area (Å²) in [4.78, 5) is 16.1. The molecule has 124 valence electrons. The normalized spacial score (nSPS) is 21.5. The molecular formula is C18H30N2OS. The van der Waals surface area contributed by atoms with Crippen LogP contribution in [0.3, 0.4) is 0 Å². The van der Waals surface area contributed by atoms with Crippen molar-refractivity contribution >= 4 is 23.3 Å². The maximum Gasteiger partial charge on any atom is 0.243 e. The monoisotopic (exact) mass is 322 g/mol. The molecule has 22 heavy (non-hydrogen) atoms. The van der Waals surface area contributed by atoms with E-state index in [-0.39, 0.29) is 18.0 Å². The van der Waals surface area contributed by atoms with Crippen molar-refractivity contribution in [1.29, 1.82) is 0 Å². The Bertz CT molecular complexity index is 389. The molecule has 4 heteroatoms. The second kappa shape index (κ2) is 12.5. The summed E-state index contributed by atoms with van der Waals surface area (Å²) in [6.07, 6.45) is 16.7. The summed E-state index contributed by atoms with van der Waals surface area (Å²) in [6.45, 7) is 2.23. The topological polar surface area (TPSA) is 41.5 Å². The van der Waals surface area contributed by atoms with E-state index in [0.717, 1.165) is 32.1 Å². The molecule has 2 atom stereocenters. The van der Waals surface area contributed by atoms with Gasteiger partial charge < -0.3 is 5.32 Å². The summed E-state index contributed by atoms with van der Waals surface area (Å²) in [5.74, 6) is 0.00227. The lowest BCUT2D eigenvalue weighted by Gasteiger charge is -2.28. The number of carbonyl (C=O) groups is 1. The SMILES string of the molecule is CCCCCCCCC=CC(=O)N[C@H]1CCCC[C@@H]1N=C=S. The molecule has 0 aromatic carbocycles.